The van der Waals surface area contributed by atoms with E-state index in [9.17, 15) is 9.60 Å². The summed E-state index contributed by atoms with van der Waals surface area (Å²) in [5.41, 5.74) is 2.24. The van der Waals surface area contributed by atoms with Gasteiger partial charge in [-0.3, -0.25) is 5.17 Å². The molecule has 0 bridgehead atoms. The fraction of sp³-hybridized carbons (Fsp3) is 1.00. The van der Waals surface area contributed by atoms with Gasteiger partial charge in [0.25, 0.3) is 0 Å². The number of alkyl halides is 1. The number of hydrogen-bond donors (Lipinski definition) is 2. The lowest BCUT2D eigenvalue weighted by Crippen LogP contribution is -3.14. The molecule has 3 nitrogen and oxygen atoms in total. The first-order chi connectivity index (χ1) is 4.29. The molecule has 1 saturated heterocycles. The van der Waals surface area contributed by atoms with Crippen molar-refractivity contribution >= 4 is 0 Å². The van der Waals surface area contributed by atoms with Gasteiger partial charge in [-0.15, -0.1) is 5.43 Å². The van der Waals surface area contributed by atoms with Gasteiger partial charge in [0, 0.05) is 0 Å². The Hall–Kier alpha value is -0.190. The van der Waals surface area contributed by atoms with E-state index in [1.54, 1.807) is 0 Å². The number of quaternary nitrogens is 1. The Balaban J connectivity index is 2.29. The molecule has 0 spiro atoms. The number of hydrogen-bond acceptors (Lipinski definition) is 2. The lowest BCUT2D eigenvalue weighted by Gasteiger charge is -2.20. The maximum Gasteiger partial charge on any atom is 0.195 e. The molecule has 0 radical (unpaired) electrons. The van der Waals surface area contributed by atoms with E-state index < -0.39 is 6.30 Å². The lowest BCUT2D eigenvalue weighted by atomic mass is 10.2. The van der Waals surface area contributed by atoms with Crippen LogP contribution in [-0.4, -0.2) is 12.8 Å². The van der Waals surface area contributed by atoms with Crippen LogP contribution in [0.5, 0.6) is 0 Å². The Morgan fingerprint density at radius 3 is 3.11 bits per heavy atom. The maximum atomic E-state index is 12.4. The van der Waals surface area contributed by atoms with Crippen molar-refractivity contribution in [2.24, 2.45) is 0 Å². The van der Waals surface area contributed by atoms with Crippen molar-refractivity contribution in [3.8, 4) is 0 Å². The third kappa shape index (κ3) is 2.26. The van der Waals surface area contributed by atoms with Gasteiger partial charge in [-0.25, -0.2) is 4.39 Å². The highest BCUT2D eigenvalue weighted by Crippen LogP contribution is 2.01. The molecule has 9 heavy (non-hydrogen) atoms. The van der Waals surface area contributed by atoms with Crippen molar-refractivity contribution in [2.45, 2.75) is 25.6 Å². The molecule has 0 aromatic rings. The van der Waals surface area contributed by atoms with Crippen LogP contribution in [-0.2, 0) is 0 Å². The largest absolute Gasteiger partial charge is 0.613 e. The van der Waals surface area contributed by atoms with Crippen molar-refractivity contribution in [1.82, 2.24) is 5.43 Å². The third-order valence-corrected chi connectivity index (χ3v) is 1.43. The zero-order valence-electron chi connectivity index (χ0n) is 5.19. The Labute approximate surface area is 53.4 Å². The van der Waals surface area contributed by atoms with Gasteiger partial charge in [0.1, 0.15) is 0 Å². The number of halogens is 1. The van der Waals surface area contributed by atoms with Crippen LogP contribution in [0.2, 0.25) is 0 Å². The normalized spacial score (nSPS) is 38.0. The van der Waals surface area contributed by atoms with E-state index in [4.69, 9.17) is 0 Å². The van der Waals surface area contributed by atoms with Gasteiger partial charge in [0.05, 0.1) is 6.54 Å². The molecule has 4 heteroatoms. The fourth-order valence-corrected chi connectivity index (χ4v) is 0.928. The molecule has 1 aliphatic rings. The second-order valence-electron chi connectivity index (χ2n) is 2.28. The molecule has 1 aliphatic heterocycles. The summed E-state index contributed by atoms with van der Waals surface area (Å²) >= 11 is 0. The van der Waals surface area contributed by atoms with Crippen molar-refractivity contribution in [3.05, 3.63) is 5.21 Å². The first-order valence-electron chi connectivity index (χ1n) is 3.22. The van der Waals surface area contributed by atoms with E-state index in [2.05, 4.69) is 5.43 Å². The van der Waals surface area contributed by atoms with Crippen LogP contribution in [0.25, 0.3) is 0 Å². The van der Waals surface area contributed by atoms with Gasteiger partial charge in [0.2, 0.25) is 0 Å². The minimum Gasteiger partial charge on any atom is -0.613 e. The Morgan fingerprint density at radius 2 is 2.33 bits per heavy atom. The van der Waals surface area contributed by atoms with Crippen molar-refractivity contribution in [3.63, 3.8) is 0 Å². The topological polar surface area (TPSA) is 39.5 Å². The molecule has 1 heterocycles. The summed E-state index contributed by atoms with van der Waals surface area (Å²) in [6, 6.07) is 0. The van der Waals surface area contributed by atoms with Crippen LogP contribution < -0.4 is 10.6 Å². The van der Waals surface area contributed by atoms with Gasteiger partial charge >= 0.3 is 0 Å². The summed E-state index contributed by atoms with van der Waals surface area (Å²) in [7, 11) is 0. The lowest BCUT2D eigenvalue weighted by molar-refractivity contribution is -0.900. The highest BCUT2D eigenvalue weighted by molar-refractivity contribution is 4.50. The predicted molar refractivity (Wildman–Crippen MR) is 31.1 cm³/mol. The second-order valence-corrected chi connectivity index (χ2v) is 2.28. The molecule has 2 N–H and O–H groups in total. The average Bonchev–Trinajstić information content (AvgIpc) is 1.93. The van der Waals surface area contributed by atoms with E-state index in [-0.39, 0.29) is 5.17 Å². The van der Waals surface area contributed by atoms with Gasteiger partial charge in [0.15, 0.2) is 6.30 Å². The number of rotatable bonds is 0. The summed E-state index contributed by atoms with van der Waals surface area (Å²) in [6.07, 6.45) is 1.03. The summed E-state index contributed by atoms with van der Waals surface area (Å²) in [5, 5.41) is 10.4. The molecular weight excluding hydrogens is 123 g/mol. The van der Waals surface area contributed by atoms with Crippen LogP contribution in [0.4, 0.5) is 4.39 Å². The highest BCUT2D eigenvalue weighted by atomic mass is 19.1. The van der Waals surface area contributed by atoms with Crippen molar-refractivity contribution in [1.29, 1.82) is 0 Å². The van der Waals surface area contributed by atoms with Crippen LogP contribution in [0, 0.1) is 5.21 Å². The van der Waals surface area contributed by atoms with Gasteiger partial charge in [-0.2, -0.15) is 0 Å². The standard InChI is InChI=1S/C5H11FN2O/c6-5-3-1-2-4-8(9)7-5/h5,7-8H,1-4H2. The first kappa shape index (κ1) is 6.92. The first-order valence-corrected chi connectivity index (χ1v) is 3.22. The zero-order chi connectivity index (χ0) is 6.69. The molecular formula is C5H11FN2O. The van der Waals surface area contributed by atoms with Crippen LogP contribution in [0.1, 0.15) is 19.3 Å². The maximum absolute atomic E-state index is 12.4. The van der Waals surface area contributed by atoms with Gasteiger partial charge in [-0.1, -0.05) is 0 Å². The summed E-state index contributed by atoms with van der Waals surface area (Å²) < 4.78 is 12.4. The Bertz CT molecular complexity index is 81.0. The average molecular weight is 134 g/mol. The molecule has 0 aromatic heterocycles. The highest BCUT2D eigenvalue weighted by Gasteiger charge is 2.13. The zero-order valence-corrected chi connectivity index (χ0v) is 5.19. The van der Waals surface area contributed by atoms with Gasteiger partial charge in [-0.05, 0) is 19.3 Å². The quantitative estimate of drug-likeness (QED) is 0.341. The predicted octanol–water partition coefficient (Wildman–Crippen LogP) is -0.647. The molecule has 1 fully saturated rings. The summed E-state index contributed by atoms with van der Waals surface area (Å²) in [6.45, 7) is 0.487. The third-order valence-electron chi connectivity index (χ3n) is 1.43. The SMILES string of the molecule is [O-][NH+]1CCCCC(F)N1. The summed E-state index contributed by atoms with van der Waals surface area (Å²) in [4.78, 5) is 0. The monoisotopic (exact) mass is 134 g/mol. The molecule has 0 saturated carbocycles. The fourth-order valence-electron chi connectivity index (χ4n) is 0.928. The number of hydroxylamine groups is 1. The van der Waals surface area contributed by atoms with Crippen molar-refractivity contribution < 1.29 is 9.56 Å². The molecule has 2 atom stereocenters. The van der Waals surface area contributed by atoms with E-state index >= 15 is 0 Å². The molecule has 0 amide bonds. The van der Waals surface area contributed by atoms with E-state index in [1.807, 2.05) is 0 Å². The Morgan fingerprint density at radius 1 is 1.56 bits per heavy atom. The molecule has 0 aromatic carbocycles. The van der Waals surface area contributed by atoms with E-state index in [0.717, 1.165) is 12.8 Å². The van der Waals surface area contributed by atoms with Crippen LogP contribution in [0.15, 0.2) is 0 Å². The second kappa shape index (κ2) is 3.10. The number of nitrogens with one attached hydrogen (secondary N) is 2. The molecule has 0 aliphatic carbocycles. The summed E-state index contributed by atoms with van der Waals surface area (Å²) in [5.74, 6) is 0. The minimum absolute atomic E-state index is 0.153. The van der Waals surface area contributed by atoms with Crippen molar-refractivity contribution in [2.75, 3.05) is 6.54 Å². The Kier molecular flexibility index (Phi) is 2.38. The van der Waals surface area contributed by atoms with Crippen LogP contribution in [0.3, 0.4) is 0 Å². The van der Waals surface area contributed by atoms with E-state index in [1.165, 1.54) is 0 Å². The van der Waals surface area contributed by atoms with Gasteiger partial charge < -0.3 is 5.21 Å². The van der Waals surface area contributed by atoms with Crippen LogP contribution >= 0.6 is 0 Å². The molecule has 54 valence electrons. The molecule has 2 unspecified atom stereocenters. The minimum atomic E-state index is -1.10. The van der Waals surface area contributed by atoms with E-state index in [0.29, 0.717) is 13.0 Å². The smallest absolute Gasteiger partial charge is 0.195 e. The molecule has 1 rings (SSSR count).